The molecule has 1 aromatic carbocycles. The van der Waals surface area contributed by atoms with Crippen LogP contribution in [0.5, 0.6) is 0 Å². The van der Waals surface area contributed by atoms with Crippen molar-refractivity contribution in [3.8, 4) is 11.1 Å². The fraction of sp³-hybridized carbons (Fsp3) is 0.304. The van der Waals surface area contributed by atoms with Crippen molar-refractivity contribution >= 4 is 11.0 Å². The molecule has 0 amide bonds. The second-order valence-corrected chi connectivity index (χ2v) is 8.79. The quantitative estimate of drug-likeness (QED) is 0.525. The number of fused-ring (bicyclic) bond motifs is 1. The first kappa shape index (κ1) is 19.8. The third-order valence-electron chi connectivity index (χ3n) is 5.00. The summed E-state index contributed by atoms with van der Waals surface area (Å²) in [6.45, 7) is 7.15. The fourth-order valence-electron chi connectivity index (χ4n) is 3.53. The van der Waals surface area contributed by atoms with E-state index < -0.39 is 0 Å². The van der Waals surface area contributed by atoms with Gasteiger partial charge in [0.1, 0.15) is 5.39 Å². The van der Waals surface area contributed by atoms with Crippen molar-refractivity contribution in [1.29, 1.82) is 0 Å². The van der Waals surface area contributed by atoms with Crippen LogP contribution in [0.15, 0.2) is 64.6 Å². The molecule has 0 bridgehead atoms. The Kier molecular flexibility index (Phi) is 4.89. The van der Waals surface area contributed by atoms with Crippen LogP contribution in [-0.2, 0) is 20.1 Å². The van der Waals surface area contributed by atoms with Crippen LogP contribution in [0, 0.1) is 5.41 Å². The summed E-state index contributed by atoms with van der Waals surface area (Å²) in [6.07, 6.45) is 5.28. The van der Waals surface area contributed by atoms with Crippen molar-refractivity contribution in [2.45, 2.75) is 33.9 Å². The minimum atomic E-state index is -0.339. The second kappa shape index (κ2) is 7.40. The maximum Gasteiger partial charge on any atom is 0.332 e. The van der Waals surface area contributed by atoms with Gasteiger partial charge in [-0.1, -0.05) is 45.0 Å². The standard InChI is InChI=1S/C23H25N5O2/c1-23(2,3)15-28-20-19(21(29)26(4)22(28)30)14-27(25-20)13-16-5-7-17(8-6-16)18-9-11-24-12-10-18/h5-12,14H,13,15H2,1-4H3. The normalized spacial score (nSPS) is 11.9. The van der Waals surface area contributed by atoms with Crippen molar-refractivity contribution in [3.05, 3.63) is 81.4 Å². The summed E-state index contributed by atoms with van der Waals surface area (Å²) < 4.78 is 4.48. The Balaban J connectivity index is 1.70. The molecule has 3 aromatic heterocycles. The highest BCUT2D eigenvalue weighted by Crippen LogP contribution is 2.20. The lowest BCUT2D eigenvalue weighted by molar-refractivity contribution is 0.337. The molecular formula is C23H25N5O2. The van der Waals surface area contributed by atoms with Gasteiger partial charge in [0, 0.05) is 32.2 Å². The van der Waals surface area contributed by atoms with Crippen LogP contribution >= 0.6 is 0 Å². The third kappa shape index (κ3) is 3.83. The van der Waals surface area contributed by atoms with Crippen LogP contribution in [0.3, 0.4) is 0 Å². The van der Waals surface area contributed by atoms with Gasteiger partial charge in [0.2, 0.25) is 0 Å². The van der Waals surface area contributed by atoms with E-state index in [4.69, 9.17) is 0 Å². The maximum absolute atomic E-state index is 12.7. The molecule has 154 valence electrons. The summed E-state index contributed by atoms with van der Waals surface area (Å²) in [5.41, 5.74) is 2.93. The second-order valence-electron chi connectivity index (χ2n) is 8.79. The van der Waals surface area contributed by atoms with E-state index in [0.717, 1.165) is 21.3 Å². The number of aromatic nitrogens is 5. The molecule has 4 rings (SSSR count). The molecule has 0 spiro atoms. The first-order valence-electron chi connectivity index (χ1n) is 9.89. The monoisotopic (exact) mass is 403 g/mol. The van der Waals surface area contributed by atoms with Gasteiger partial charge in [-0.25, -0.2) is 4.79 Å². The average Bonchev–Trinajstić information content (AvgIpc) is 3.14. The molecular weight excluding hydrogens is 378 g/mol. The number of hydrogen-bond donors (Lipinski definition) is 0. The van der Waals surface area contributed by atoms with E-state index >= 15 is 0 Å². The molecule has 0 fully saturated rings. The first-order valence-corrected chi connectivity index (χ1v) is 9.89. The largest absolute Gasteiger partial charge is 0.332 e. The maximum atomic E-state index is 12.7. The Morgan fingerprint density at radius 3 is 2.20 bits per heavy atom. The molecule has 0 aliphatic rings. The average molecular weight is 403 g/mol. The molecule has 0 saturated carbocycles. The molecule has 0 N–H and O–H groups in total. The molecule has 0 saturated heterocycles. The van der Waals surface area contributed by atoms with Crippen LogP contribution in [0.4, 0.5) is 0 Å². The van der Waals surface area contributed by atoms with Crippen LogP contribution in [-0.4, -0.2) is 23.9 Å². The topological polar surface area (TPSA) is 74.7 Å². The predicted octanol–water partition coefficient (Wildman–Crippen LogP) is 3.05. The van der Waals surface area contributed by atoms with Crippen molar-refractivity contribution in [2.24, 2.45) is 12.5 Å². The first-order chi connectivity index (χ1) is 14.2. The smallest absolute Gasteiger partial charge is 0.275 e. The van der Waals surface area contributed by atoms with Crippen molar-refractivity contribution in [2.75, 3.05) is 0 Å². The summed E-state index contributed by atoms with van der Waals surface area (Å²) >= 11 is 0. The van der Waals surface area contributed by atoms with Crippen molar-refractivity contribution in [1.82, 2.24) is 23.9 Å². The highest BCUT2D eigenvalue weighted by Gasteiger charge is 2.19. The van der Waals surface area contributed by atoms with E-state index in [-0.39, 0.29) is 16.7 Å². The zero-order chi connectivity index (χ0) is 21.5. The van der Waals surface area contributed by atoms with E-state index in [1.54, 1.807) is 27.8 Å². The zero-order valence-electron chi connectivity index (χ0n) is 17.7. The van der Waals surface area contributed by atoms with Gasteiger partial charge < -0.3 is 0 Å². The number of benzene rings is 1. The lowest BCUT2D eigenvalue weighted by Crippen LogP contribution is -2.39. The summed E-state index contributed by atoms with van der Waals surface area (Å²) in [6, 6.07) is 12.1. The number of pyridine rings is 1. The lowest BCUT2D eigenvalue weighted by atomic mass is 9.97. The van der Waals surface area contributed by atoms with Crippen molar-refractivity contribution in [3.63, 3.8) is 0 Å². The molecule has 3 heterocycles. The molecule has 0 aliphatic heterocycles. The van der Waals surface area contributed by atoms with Gasteiger partial charge in [-0.3, -0.25) is 23.6 Å². The van der Waals surface area contributed by atoms with Gasteiger partial charge in [-0.15, -0.1) is 0 Å². The summed E-state index contributed by atoms with van der Waals surface area (Å²) in [7, 11) is 1.51. The molecule has 7 nitrogen and oxygen atoms in total. The Hall–Kier alpha value is -3.48. The lowest BCUT2D eigenvalue weighted by Gasteiger charge is -2.20. The Morgan fingerprint density at radius 1 is 0.933 bits per heavy atom. The van der Waals surface area contributed by atoms with Gasteiger partial charge in [-0.05, 0) is 34.2 Å². The zero-order valence-corrected chi connectivity index (χ0v) is 17.7. The molecule has 0 radical (unpaired) electrons. The molecule has 0 aliphatic carbocycles. The minimum absolute atomic E-state index is 0.124. The number of hydrogen-bond acceptors (Lipinski definition) is 4. The number of rotatable bonds is 4. The highest BCUT2D eigenvalue weighted by molar-refractivity contribution is 5.73. The molecule has 0 unspecified atom stereocenters. The van der Waals surface area contributed by atoms with Crippen LogP contribution in [0.1, 0.15) is 26.3 Å². The predicted molar refractivity (Wildman–Crippen MR) is 117 cm³/mol. The molecule has 30 heavy (non-hydrogen) atoms. The van der Waals surface area contributed by atoms with Gasteiger partial charge in [0.15, 0.2) is 5.65 Å². The van der Waals surface area contributed by atoms with E-state index in [2.05, 4.69) is 43.0 Å². The Morgan fingerprint density at radius 2 is 1.57 bits per heavy atom. The summed E-state index contributed by atoms with van der Waals surface area (Å²) in [4.78, 5) is 29.4. The van der Waals surface area contributed by atoms with Gasteiger partial charge in [0.05, 0.1) is 6.54 Å². The van der Waals surface area contributed by atoms with Gasteiger partial charge in [-0.2, -0.15) is 5.10 Å². The summed E-state index contributed by atoms with van der Waals surface area (Å²) in [5.74, 6) is 0. The SMILES string of the molecule is Cn1c(=O)c2cn(Cc3ccc(-c4ccncc4)cc3)nc2n(CC(C)(C)C)c1=O. The third-order valence-corrected chi connectivity index (χ3v) is 5.00. The Bertz CT molecular complexity index is 1310. The molecule has 4 aromatic rings. The van der Waals surface area contributed by atoms with E-state index in [1.165, 1.54) is 7.05 Å². The van der Waals surface area contributed by atoms with Crippen LogP contribution in [0.2, 0.25) is 0 Å². The molecule has 0 atom stereocenters. The summed E-state index contributed by atoms with van der Waals surface area (Å²) in [5, 5.41) is 5.05. The van der Waals surface area contributed by atoms with Crippen LogP contribution in [0.25, 0.3) is 22.2 Å². The highest BCUT2D eigenvalue weighted by atomic mass is 16.2. The van der Waals surface area contributed by atoms with E-state index in [1.807, 2.05) is 24.3 Å². The number of nitrogens with zero attached hydrogens (tertiary/aromatic N) is 5. The fourth-order valence-corrected chi connectivity index (χ4v) is 3.53. The minimum Gasteiger partial charge on any atom is -0.275 e. The molecule has 7 heteroatoms. The van der Waals surface area contributed by atoms with E-state index in [9.17, 15) is 9.59 Å². The van der Waals surface area contributed by atoms with Gasteiger partial charge >= 0.3 is 5.69 Å². The van der Waals surface area contributed by atoms with Gasteiger partial charge in [0.25, 0.3) is 5.56 Å². The van der Waals surface area contributed by atoms with E-state index in [0.29, 0.717) is 24.1 Å². The Labute approximate surface area is 174 Å². The van der Waals surface area contributed by atoms with Crippen LogP contribution < -0.4 is 11.2 Å². The van der Waals surface area contributed by atoms with Crippen molar-refractivity contribution < 1.29 is 0 Å².